The number of rotatable bonds is 2. The molecular formula is C11H15F3N4O. The Morgan fingerprint density at radius 3 is 2.74 bits per heavy atom. The van der Waals surface area contributed by atoms with Crippen molar-refractivity contribution in [2.24, 2.45) is 13.0 Å². The molecule has 1 aliphatic heterocycles. The van der Waals surface area contributed by atoms with Crippen molar-refractivity contribution in [1.29, 1.82) is 0 Å². The normalized spacial score (nSPS) is 24.2. The number of halogens is 3. The predicted molar refractivity (Wildman–Crippen MR) is 62.4 cm³/mol. The zero-order valence-electron chi connectivity index (χ0n) is 10.4. The highest BCUT2D eigenvalue weighted by molar-refractivity contribution is 5.94. The lowest BCUT2D eigenvalue weighted by molar-refractivity contribution is -0.180. The Morgan fingerprint density at radius 2 is 2.26 bits per heavy atom. The lowest BCUT2D eigenvalue weighted by Crippen LogP contribution is -2.49. The molecule has 1 aromatic rings. The fourth-order valence-corrected chi connectivity index (χ4v) is 2.07. The van der Waals surface area contributed by atoms with Crippen molar-refractivity contribution in [3.05, 3.63) is 12.4 Å². The average Bonchev–Trinajstić information content (AvgIpc) is 2.74. The van der Waals surface area contributed by atoms with Crippen LogP contribution in [0.5, 0.6) is 0 Å². The summed E-state index contributed by atoms with van der Waals surface area (Å²) in [6.07, 6.45) is -0.936. The summed E-state index contributed by atoms with van der Waals surface area (Å²) in [5.41, 5.74) is 0.534. The molecule has 0 aromatic carbocycles. The Hall–Kier alpha value is -1.57. The van der Waals surface area contributed by atoms with Gasteiger partial charge in [0, 0.05) is 19.8 Å². The average molecular weight is 276 g/mol. The van der Waals surface area contributed by atoms with Crippen LogP contribution < -0.4 is 10.6 Å². The van der Waals surface area contributed by atoms with E-state index in [0.717, 1.165) is 0 Å². The monoisotopic (exact) mass is 276 g/mol. The molecule has 1 saturated heterocycles. The SMILES string of the molecule is Cn1cc(NC(=O)C2CCC(C(F)(F)F)CN2)cn1. The molecule has 8 heteroatoms. The van der Waals surface area contributed by atoms with E-state index in [4.69, 9.17) is 0 Å². The van der Waals surface area contributed by atoms with E-state index in [9.17, 15) is 18.0 Å². The van der Waals surface area contributed by atoms with Crippen LogP contribution >= 0.6 is 0 Å². The third-order valence-electron chi connectivity index (χ3n) is 3.17. The molecule has 2 N–H and O–H groups in total. The number of anilines is 1. The predicted octanol–water partition coefficient (Wildman–Crippen LogP) is 1.29. The minimum absolute atomic E-state index is 0.0262. The zero-order chi connectivity index (χ0) is 14.0. The van der Waals surface area contributed by atoms with Crippen molar-refractivity contribution >= 4 is 11.6 Å². The van der Waals surface area contributed by atoms with Gasteiger partial charge in [0.1, 0.15) is 0 Å². The summed E-state index contributed by atoms with van der Waals surface area (Å²) in [6.45, 7) is -0.214. The second kappa shape index (κ2) is 5.20. The molecule has 5 nitrogen and oxygen atoms in total. The van der Waals surface area contributed by atoms with Crippen molar-refractivity contribution in [3.8, 4) is 0 Å². The van der Waals surface area contributed by atoms with E-state index in [1.54, 1.807) is 13.2 Å². The number of nitrogens with zero attached hydrogens (tertiary/aromatic N) is 2. The van der Waals surface area contributed by atoms with Gasteiger partial charge in [0.05, 0.1) is 23.8 Å². The third kappa shape index (κ3) is 3.46. The second-order valence-corrected chi connectivity index (χ2v) is 4.67. The maximum absolute atomic E-state index is 12.5. The second-order valence-electron chi connectivity index (χ2n) is 4.67. The number of amides is 1. The molecule has 0 spiro atoms. The van der Waals surface area contributed by atoms with Crippen LogP contribution in [0.1, 0.15) is 12.8 Å². The Labute approximate surface area is 108 Å². The van der Waals surface area contributed by atoms with Crippen LogP contribution in [0, 0.1) is 5.92 Å². The number of carbonyl (C=O) groups excluding carboxylic acids is 1. The quantitative estimate of drug-likeness (QED) is 0.855. The van der Waals surface area contributed by atoms with Gasteiger partial charge in [-0.2, -0.15) is 18.3 Å². The lowest BCUT2D eigenvalue weighted by Gasteiger charge is -2.30. The topological polar surface area (TPSA) is 59.0 Å². The van der Waals surface area contributed by atoms with Crippen LogP contribution in [-0.4, -0.2) is 34.5 Å². The molecule has 2 atom stereocenters. The van der Waals surface area contributed by atoms with Crippen molar-refractivity contribution < 1.29 is 18.0 Å². The van der Waals surface area contributed by atoms with Gasteiger partial charge in [0.25, 0.3) is 0 Å². The first-order chi connectivity index (χ1) is 8.86. The van der Waals surface area contributed by atoms with Crippen LogP contribution in [-0.2, 0) is 11.8 Å². The highest BCUT2D eigenvalue weighted by Gasteiger charge is 2.42. The molecule has 2 heterocycles. The number of carbonyl (C=O) groups is 1. The van der Waals surface area contributed by atoms with Gasteiger partial charge in [-0.1, -0.05) is 0 Å². The fourth-order valence-electron chi connectivity index (χ4n) is 2.07. The molecule has 1 aromatic heterocycles. The van der Waals surface area contributed by atoms with Gasteiger partial charge in [-0.25, -0.2) is 0 Å². The molecular weight excluding hydrogens is 261 g/mol. The van der Waals surface area contributed by atoms with Crippen LogP contribution in [0.15, 0.2) is 12.4 Å². The summed E-state index contributed by atoms with van der Waals surface area (Å²) in [4.78, 5) is 11.8. The van der Waals surface area contributed by atoms with Gasteiger partial charge in [-0.05, 0) is 12.8 Å². The Kier molecular flexibility index (Phi) is 3.79. The first-order valence-electron chi connectivity index (χ1n) is 5.96. The van der Waals surface area contributed by atoms with Gasteiger partial charge in [-0.3, -0.25) is 9.48 Å². The van der Waals surface area contributed by atoms with Crippen LogP contribution in [0.4, 0.5) is 18.9 Å². The number of hydrogen-bond acceptors (Lipinski definition) is 3. The molecule has 0 bridgehead atoms. The van der Waals surface area contributed by atoms with E-state index in [1.165, 1.54) is 10.9 Å². The standard InChI is InChI=1S/C11H15F3N4O/c1-18-6-8(5-16-18)17-10(19)9-3-2-7(4-15-9)11(12,13)14/h5-7,9,15H,2-4H2,1H3,(H,17,19). The van der Waals surface area contributed by atoms with Gasteiger partial charge < -0.3 is 10.6 Å². The smallest absolute Gasteiger partial charge is 0.322 e. The molecule has 0 saturated carbocycles. The summed E-state index contributed by atoms with van der Waals surface area (Å²) < 4.78 is 38.9. The van der Waals surface area contributed by atoms with Crippen molar-refractivity contribution in [2.45, 2.75) is 25.1 Å². The molecule has 19 heavy (non-hydrogen) atoms. The largest absolute Gasteiger partial charge is 0.393 e. The highest BCUT2D eigenvalue weighted by Crippen LogP contribution is 2.32. The highest BCUT2D eigenvalue weighted by atomic mass is 19.4. The molecule has 1 amide bonds. The molecule has 1 fully saturated rings. The number of alkyl halides is 3. The molecule has 1 aliphatic rings. The van der Waals surface area contributed by atoms with Gasteiger partial charge in [0.15, 0.2) is 0 Å². The molecule has 106 valence electrons. The zero-order valence-corrected chi connectivity index (χ0v) is 10.4. The van der Waals surface area contributed by atoms with E-state index in [1.807, 2.05) is 0 Å². The summed E-state index contributed by atoms with van der Waals surface area (Å²) in [5.74, 6) is -1.69. The van der Waals surface area contributed by atoms with Gasteiger partial charge in [0.2, 0.25) is 5.91 Å². The molecule has 0 radical (unpaired) electrons. The summed E-state index contributed by atoms with van der Waals surface area (Å²) in [7, 11) is 1.71. The summed E-state index contributed by atoms with van der Waals surface area (Å²) in [6, 6.07) is -0.584. The van der Waals surface area contributed by atoms with E-state index in [-0.39, 0.29) is 25.3 Å². The van der Waals surface area contributed by atoms with Gasteiger partial charge >= 0.3 is 6.18 Å². The van der Waals surface area contributed by atoms with Crippen molar-refractivity contribution in [1.82, 2.24) is 15.1 Å². The minimum atomic E-state index is -4.20. The number of nitrogens with one attached hydrogen (secondary N) is 2. The van der Waals surface area contributed by atoms with E-state index >= 15 is 0 Å². The van der Waals surface area contributed by atoms with Crippen LogP contribution in [0.3, 0.4) is 0 Å². The van der Waals surface area contributed by atoms with Crippen LogP contribution in [0.2, 0.25) is 0 Å². The number of aromatic nitrogens is 2. The number of piperidine rings is 1. The Bertz CT molecular complexity index is 449. The molecule has 2 rings (SSSR count). The first kappa shape index (κ1) is 13.9. The lowest BCUT2D eigenvalue weighted by atomic mass is 9.94. The summed E-state index contributed by atoms with van der Waals surface area (Å²) >= 11 is 0. The molecule has 0 aliphatic carbocycles. The Balaban J connectivity index is 1.86. The minimum Gasteiger partial charge on any atom is -0.322 e. The van der Waals surface area contributed by atoms with Crippen LogP contribution in [0.25, 0.3) is 0 Å². The maximum atomic E-state index is 12.5. The first-order valence-corrected chi connectivity index (χ1v) is 5.96. The van der Waals surface area contributed by atoms with E-state index in [0.29, 0.717) is 5.69 Å². The Morgan fingerprint density at radius 1 is 1.53 bits per heavy atom. The fraction of sp³-hybridized carbons (Fsp3) is 0.636. The van der Waals surface area contributed by atoms with Crippen molar-refractivity contribution in [2.75, 3.05) is 11.9 Å². The van der Waals surface area contributed by atoms with Gasteiger partial charge in [-0.15, -0.1) is 0 Å². The van der Waals surface area contributed by atoms with Crippen molar-refractivity contribution in [3.63, 3.8) is 0 Å². The maximum Gasteiger partial charge on any atom is 0.393 e. The van der Waals surface area contributed by atoms with E-state index < -0.39 is 18.1 Å². The summed E-state index contributed by atoms with van der Waals surface area (Å²) in [5, 5.41) is 9.16. The number of aryl methyl sites for hydroxylation is 1. The third-order valence-corrected chi connectivity index (χ3v) is 3.17. The molecule has 2 unspecified atom stereocenters. The number of hydrogen-bond donors (Lipinski definition) is 2. The van der Waals surface area contributed by atoms with E-state index in [2.05, 4.69) is 15.7 Å².